The van der Waals surface area contributed by atoms with E-state index in [4.69, 9.17) is 0 Å². The van der Waals surface area contributed by atoms with E-state index in [1.165, 1.54) is 0 Å². The van der Waals surface area contributed by atoms with Crippen molar-refractivity contribution in [3.05, 3.63) is 0 Å². The number of aliphatic carboxylic acids is 1. The molecule has 0 rings (SSSR count). The molecule has 78 valence electrons. The second kappa shape index (κ2) is 5.34. The van der Waals surface area contributed by atoms with E-state index in [2.05, 4.69) is 0 Å². The third-order valence-electron chi connectivity index (χ3n) is 1.60. The summed E-state index contributed by atoms with van der Waals surface area (Å²) in [6.45, 7) is 2.19. The number of carbonyl (C=O) groups excluding carboxylic acids is 1. The summed E-state index contributed by atoms with van der Waals surface area (Å²) in [4.78, 5) is 31.1. The second-order valence-corrected chi connectivity index (χ2v) is 4.28. The molecule has 13 heavy (non-hydrogen) atoms. The summed E-state index contributed by atoms with van der Waals surface area (Å²) in [6, 6.07) is 0. The van der Waals surface area contributed by atoms with E-state index in [1.54, 1.807) is 6.92 Å². The van der Waals surface area contributed by atoms with Crippen LogP contribution in [0.1, 0.15) is 13.3 Å². The molecular weight excluding hydrogens is 197 g/mol. The minimum absolute atomic E-state index is 0.104. The molecule has 0 heterocycles. The topological polar surface area (TPSA) is 108 Å². The Morgan fingerprint density at radius 3 is 2.31 bits per heavy atom. The number of hydrogen-bond acceptors (Lipinski definition) is 5. The van der Waals surface area contributed by atoms with Gasteiger partial charge in [-0.05, 0) is 14.5 Å². The first-order valence-electron chi connectivity index (χ1n) is 3.89. The van der Waals surface area contributed by atoms with E-state index >= 15 is 0 Å². The van der Waals surface area contributed by atoms with Crippen LogP contribution in [0.25, 0.3) is 0 Å². The molecule has 0 aromatic carbocycles. The van der Waals surface area contributed by atoms with Gasteiger partial charge in [-0.15, -0.1) is 0 Å². The van der Waals surface area contributed by atoms with Crippen molar-refractivity contribution in [1.29, 1.82) is 0 Å². The van der Waals surface area contributed by atoms with Crippen molar-refractivity contribution in [3.63, 3.8) is 0 Å². The smallest absolute Gasteiger partial charge is 0.103 e. The van der Waals surface area contributed by atoms with Gasteiger partial charge >= 0.3 is 0 Å². The number of carbonyl (C=O) groups is 1. The molecule has 0 saturated carbocycles. The second-order valence-electron chi connectivity index (χ2n) is 2.74. The summed E-state index contributed by atoms with van der Waals surface area (Å²) in [5.74, 6) is -1.24. The molecule has 0 aliphatic carbocycles. The van der Waals surface area contributed by atoms with Crippen molar-refractivity contribution >= 4 is 13.6 Å². The lowest BCUT2D eigenvalue weighted by atomic mass is 10.4. The van der Waals surface area contributed by atoms with Crippen LogP contribution in [0, 0.1) is 0 Å². The molecule has 0 spiro atoms. The van der Waals surface area contributed by atoms with Gasteiger partial charge in [0.15, 0.2) is 0 Å². The number of quaternary nitrogens is 1. The molecule has 0 aromatic heterocycles. The Morgan fingerprint density at radius 1 is 1.46 bits per heavy atom. The third-order valence-corrected chi connectivity index (χ3v) is 2.43. The molecule has 1 unspecified atom stereocenters. The average molecular weight is 209 g/mol. The number of carboxylic acids is 1. The Hall–Kier alpha value is -0.420. The quantitative estimate of drug-likeness (QED) is 0.447. The van der Waals surface area contributed by atoms with E-state index in [0.29, 0.717) is 11.4 Å². The molecule has 0 saturated heterocycles. The summed E-state index contributed by atoms with van der Waals surface area (Å²) in [6.07, 6.45) is -0.778. The van der Waals surface area contributed by atoms with Crippen LogP contribution in [0.15, 0.2) is 0 Å². The lowest BCUT2D eigenvalue weighted by molar-refractivity contribution is -0.889. The molecule has 0 radical (unpaired) electrons. The Morgan fingerprint density at radius 2 is 2.00 bits per heavy atom. The van der Waals surface area contributed by atoms with Crippen LogP contribution >= 0.6 is 7.60 Å². The fourth-order valence-electron chi connectivity index (χ4n) is 0.920. The van der Waals surface area contributed by atoms with E-state index in [1.807, 2.05) is 0 Å². The van der Waals surface area contributed by atoms with Crippen LogP contribution in [0.3, 0.4) is 0 Å². The first-order chi connectivity index (χ1) is 5.85. The van der Waals surface area contributed by atoms with Gasteiger partial charge in [-0.3, -0.25) is 0 Å². The van der Waals surface area contributed by atoms with Crippen LogP contribution < -0.4 is 19.8 Å². The Kier molecular flexibility index (Phi) is 5.17. The van der Waals surface area contributed by atoms with Crippen molar-refractivity contribution < 1.29 is 29.2 Å². The zero-order valence-corrected chi connectivity index (χ0v) is 8.21. The maximum atomic E-state index is 10.3. The van der Waals surface area contributed by atoms with E-state index in [9.17, 15) is 24.3 Å². The van der Waals surface area contributed by atoms with Crippen molar-refractivity contribution in [2.75, 3.05) is 19.4 Å². The summed E-state index contributed by atoms with van der Waals surface area (Å²) in [5.41, 5.74) is 0. The molecule has 0 aliphatic heterocycles. The average Bonchev–Trinajstić information content (AvgIpc) is 1.95. The van der Waals surface area contributed by atoms with Crippen molar-refractivity contribution in [2.24, 2.45) is 0 Å². The maximum absolute atomic E-state index is 10.3. The van der Waals surface area contributed by atoms with Crippen LogP contribution in [-0.2, 0) is 9.36 Å². The number of carboxylic acid groups (broad SMARTS) is 1. The van der Waals surface area contributed by atoms with Crippen LogP contribution in [-0.4, -0.2) is 25.3 Å². The zero-order chi connectivity index (χ0) is 10.5. The summed E-state index contributed by atoms with van der Waals surface area (Å²) >= 11 is 0. The van der Waals surface area contributed by atoms with Crippen molar-refractivity contribution in [2.45, 2.75) is 13.3 Å². The molecule has 6 nitrogen and oxygen atoms in total. The van der Waals surface area contributed by atoms with Crippen LogP contribution in [0.4, 0.5) is 0 Å². The molecule has 0 bridgehead atoms. The van der Waals surface area contributed by atoms with Gasteiger partial charge in [-0.25, -0.2) is 0 Å². The summed E-state index contributed by atoms with van der Waals surface area (Å²) in [5, 5.41) is 10.0. The van der Waals surface area contributed by atoms with Crippen LogP contribution in [0.5, 0.6) is 0 Å². The number of nitrogens with one attached hydrogen (secondary N) is 1. The predicted octanol–water partition coefficient (Wildman–Crippen LogP) is -4.10. The Bertz CT molecular complexity index is 213. The molecule has 0 aromatic rings. The van der Waals surface area contributed by atoms with E-state index in [-0.39, 0.29) is 13.0 Å². The van der Waals surface area contributed by atoms with Gasteiger partial charge in [0.25, 0.3) is 0 Å². The van der Waals surface area contributed by atoms with Crippen molar-refractivity contribution in [1.82, 2.24) is 0 Å². The predicted molar refractivity (Wildman–Crippen MR) is 38.5 cm³/mol. The molecule has 0 aliphatic rings. The number of hydrogen-bond donors (Lipinski definition) is 1. The normalized spacial score (nSPS) is 14.1. The fourth-order valence-corrected chi connectivity index (χ4v) is 1.85. The summed E-state index contributed by atoms with van der Waals surface area (Å²) in [7, 11) is -4.55. The monoisotopic (exact) mass is 209 g/mol. The van der Waals surface area contributed by atoms with Crippen molar-refractivity contribution in [3.8, 4) is 0 Å². The van der Waals surface area contributed by atoms with Crippen LogP contribution in [0.2, 0.25) is 0 Å². The lowest BCUT2D eigenvalue weighted by Crippen LogP contribution is -3.12. The highest BCUT2D eigenvalue weighted by molar-refractivity contribution is 7.48. The Labute approximate surface area is 76.3 Å². The highest BCUT2D eigenvalue weighted by Crippen LogP contribution is 2.17. The SMILES string of the molecule is CC[NH+](CCC(=O)[O-])CP(=O)([O-])[O-]. The molecular formula is C6H12NO5P-2. The minimum Gasteiger partial charge on any atom is -0.807 e. The first-order valence-corrected chi connectivity index (χ1v) is 5.62. The highest BCUT2D eigenvalue weighted by atomic mass is 31.2. The third kappa shape index (κ3) is 7.93. The molecule has 1 N–H and O–H groups in total. The van der Waals surface area contributed by atoms with Gasteiger partial charge in [0.2, 0.25) is 0 Å². The zero-order valence-electron chi connectivity index (χ0n) is 7.32. The van der Waals surface area contributed by atoms with E-state index in [0.717, 1.165) is 0 Å². The first kappa shape index (κ1) is 12.6. The van der Waals surface area contributed by atoms with Gasteiger partial charge in [-0.1, -0.05) is 0 Å². The molecule has 7 heteroatoms. The number of rotatable bonds is 6. The Balaban J connectivity index is 3.90. The van der Waals surface area contributed by atoms with Gasteiger partial charge in [0, 0.05) is 12.4 Å². The molecule has 1 atom stereocenters. The highest BCUT2D eigenvalue weighted by Gasteiger charge is 2.07. The standard InChI is InChI=1S/C6H14NO5P/c1-2-7(4-3-6(8)9)5-13(10,11)12/h2-5H2,1H3,(H,8,9)(H2,10,11,12)/p-2. The lowest BCUT2D eigenvalue weighted by Gasteiger charge is -2.32. The molecule has 0 fully saturated rings. The van der Waals surface area contributed by atoms with Gasteiger partial charge < -0.3 is 29.2 Å². The molecule has 0 amide bonds. The minimum atomic E-state index is -4.55. The van der Waals surface area contributed by atoms with Gasteiger partial charge in [0.1, 0.15) is 6.29 Å². The van der Waals surface area contributed by atoms with Gasteiger partial charge in [-0.2, -0.15) is 0 Å². The maximum Gasteiger partial charge on any atom is 0.103 e. The largest absolute Gasteiger partial charge is 0.807 e. The fraction of sp³-hybridized carbons (Fsp3) is 0.833. The summed E-state index contributed by atoms with van der Waals surface area (Å²) < 4.78 is 10.3. The van der Waals surface area contributed by atoms with E-state index < -0.39 is 19.9 Å². The van der Waals surface area contributed by atoms with Gasteiger partial charge in [0.05, 0.1) is 13.1 Å².